The molecule has 1 aromatic heterocycles. The van der Waals surface area contributed by atoms with E-state index in [1.54, 1.807) is 11.3 Å². The lowest BCUT2D eigenvalue weighted by Gasteiger charge is -2.22. The molecule has 0 radical (unpaired) electrons. The number of carbonyl (C=O) groups excluding carboxylic acids is 1. The minimum Gasteiger partial charge on any atom is -1.00 e. The van der Waals surface area contributed by atoms with Crippen molar-refractivity contribution in [1.29, 1.82) is 0 Å². The number of halogens is 1. The SMILES string of the molecule is CC(C)(C)OC(=O)[NH+]1CCc2ncsc2CC1.[Br-]. The maximum atomic E-state index is 12.0. The summed E-state index contributed by atoms with van der Waals surface area (Å²) in [6.07, 6.45) is 1.66. The van der Waals surface area contributed by atoms with Gasteiger partial charge in [-0.05, 0) is 20.8 Å². The van der Waals surface area contributed by atoms with Crippen molar-refractivity contribution < 1.29 is 31.4 Å². The predicted octanol–water partition coefficient (Wildman–Crippen LogP) is -1.93. The number of thiazole rings is 1. The number of aromatic nitrogens is 1. The van der Waals surface area contributed by atoms with Crippen LogP contribution in [0, 0.1) is 0 Å². The number of amides is 1. The highest BCUT2D eigenvalue weighted by Gasteiger charge is 2.29. The topological polar surface area (TPSA) is 43.6 Å². The third-order valence-corrected chi connectivity index (χ3v) is 3.67. The normalized spacial score (nSPS) is 19.4. The number of carbonyl (C=O) groups is 1. The molecule has 0 aliphatic carbocycles. The van der Waals surface area contributed by atoms with Gasteiger partial charge >= 0.3 is 6.09 Å². The predicted molar refractivity (Wildman–Crippen MR) is 66.5 cm³/mol. The zero-order valence-corrected chi connectivity index (χ0v) is 13.4. The molecular formula is C12H19BrN2O2S. The monoisotopic (exact) mass is 334 g/mol. The molecule has 1 N–H and O–H groups in total. The van der Waals surface area contributed by atoms with Crippen LogP contribution in [0.4, 0.5) is 4.79 Å². The molecule has 0 saturated heterocycles. The van der Waals surface area contributed by atoms with Crippen molar-refractivity contribution in [2.45, 2.75) is 39.2 Å². The molecule has 0 aromatic carbocycles. The zero-order valence-electron chi connectivity index (χ0n) is 11.0. The molecular weight excluding hydrogens is 316 g/mol. The van der Waals surface area contributed by atoms with E-state index in [1.807, 2.05) is 26.3 Å². The van der Waals surface area contributed by atoms with Gasteiger partial charge in [-0.15, -0.1) is 11.3 Å². The number of nitrogens with zero attached hydrogens (tertiary/aromatic N) is 1. The molecule has 0 spiro atoms. The second kappa shape index (κ2) is 6.12. The average Bonchev–Trinajstić information content (AvgIpc) is 2.54. The summed E-state index contributed by atoms with van der Waals surface area (Å²) in [5.74, 6) is 0. The first-order chi connectivity index (χ1) is 7.96. The van der Waals surface area contributed by atoms with Crippen molar-refractivity contribution in [3.63, 3.8) is 0 Å². The van der Waals surface area contributed by atoms with Crippen molar-refractivity contribution in [3.05, 3.63) is 16.1 Å². The Labute approximate surface area is 122 Å². The largest absolute Gasteiger partial charge is 1.00 e. The van der Waals surface area contributed by atoms with E-state index in [2.05, 4.69) is 4.98 Å². The zero-order chi connectivity index (χ0) is 12.5. The highest BCUT2D eigenvalue weighted by molar-refractivity contribution is 7.09. The molecule has 4 nitrogen and oxygen atoms in total. The Morgan fingerprint density at radius 3 is 2.72 bits per heavy atom. The maximum absolute atomic E-state index is 12.0. The molecule has 0 bridgehead atoms. The Balaban J connectivity index is 0.00000162. The van der Waals surface area contributed by atoms with Crippen LogP contribution in [-0.4, -0.2) is 29.8 Å². The summed E-state index contributed by atoms with van der Waals surface area (Å²) in [7, 11) is 0. The molecule has 1 aromatic rings. The third kappa shape index (κ3) is 4.03. The number of hydrogen-bond acceptors (Lipinski definition) is 4. The van der Waals surface area contributed by atoms with Gasteiger partial charge in [0.15, 0.2) is 0 Å². The average molecular weight is 335 g/mol. The minimum atomic E-state index is -0.403. The van der Waals surface area contributed by atoms with Gasteiger partial charge in [-0.25, -0.2) is 9.88 Å². The van der Waals surface area contributed by atoms with E-state index in [4.69, 9.17) is 4.74 Å². The van der Waals surface area contributed by atoms with Crippen molar-refractivity contribution in [3.8, 4) is 0 Å². The van der Waals surface area contributed by atoms with Gasteiger partial charge in [-0.2, -0.15) is 4.79 Å². The number of nitrogens with one attached hydrogen (secondary N) is 1. The summed E-state index contributed by atoms with van der Waals surface area (Å²) < 4.78 is 5.42. The highest BCUT2D eigenvalue weighted by Crippen LogP contribution is 2.15. The van der Waals surface area contributed by atoms with E-state index < -0.39 is 5.60 Å². The van der Waals surface area contributed by atoms with E-state index in [1.165, 1.54) is 4.88 Å². The van der Waals surface area contributed by atoms with Crippen LogP contribution in [0.1, 0.15) is 31.3 Å². The Morgan fingerprint density at radius 2 is 2.06 bits per heavy atom. The summed E-state index contributed by atoms with van der Waals surface area (Å²) in [6, 6.07) is 0. The van der Waals surface area contributed by atoms with Crippen LogP contribution < -0.4 is 21.9 Å². The fraction of sp³-hybridized carbons (Fsp3) is 0.667. The summed E-state index contributed by atoms with van der Waals surface area (Å²) in [5.41, 5.74) is 2.65. The van der Waals surface area contributed by atoms with E-state index >= 15 is 0 Å². The van der Waals surface area contributed by atoms with Crippen LogP contribution in [0.15, 0.2) is 5.51 Å². The van der Waals surface area contributed by atoms with Gasteiger partial charge in [-0.1, -0.05) is 0 Å². The Bertz CT molecular complexity index is 392. The first kappa shape index (κ1) is 15.6. The van der Waals surface area contributed by atoms with Crippen LogP contribution in [0.2, 0.25) is 0 Å². The van der Waals surface area contributed by atoms with E-state index in [0.717, 1.165) is 36.5 Å². The third-order valence-electron chi connectivity index (χ3n) is 2.73. The van der Waals surface area contributed by atoms with Crippen LogP contribution in [0.5, 0.6) is 0 Å². The summed E-state index contributed by atoms with van der Waals surface area (Å²) in [6.45, 7) is 7.30. The fourth-order valence-corrected chi connectivity index (χ4v) is 2.73. The minimum absolute atomic E-state index is 0. The first-order valence-corrected chi connectivity index (χ1v) is 6.83. The lowest BCUT2D eigenvalue weighted by atomic mass is 10.2. The van der Waals surface area contributed by atoms with Crippen molar-refractivity contribution in [2.75, 3.05) is 13.1 Å². The van der Waals surface area contributed by atoms with Crippen LogP contribution >= 0.6 is 11.3 Å². The van der Waals surface area contributed by atoms with Crippen molar-refractivity contribution in [1.82, 2.24) is 4.98 Å². The first-order valence-electron chi connectivity index (χ1n) is 5.95. The van der Waals surface area contributed by atoms with Gasteiger partial charge in [0.2, 0.25) is 0 Å². The molecule has 1 amide bonds. The highest BCUT2D eigenvalue weighted by atomic mass is 79.9. The molecule has 102 valence electrons. The quantitative estimate of drug-likeness (QED) is 0.600. The van der Waals surface area contributed by atoms with Gasteiger partial charge in [0.1, 0.15) is 5.60 Å². The van der Waals surface area contributed by atoms with Gasteiger partial charge in [-0.3, -0.25) is 0 Å². The molecule has 0 saturated carbocycles. The lowest BCUT2D eigenvalue weighted by Crippen LogP contribution is -3.15. The number of hydrogen-bond donors (Lipinski definition) is 1. The summed E-state index contributed by atoms with van der Waals surface area (Å²) in [4.78, 5) is 18.5. The number of rotatable bonds is 0. The van der Waals surface area contributed by atoms with Crippen molar-refractivity contribution >= 4 is 17.4 Å². The van der Waals surface area contributed by atoms with Gasteiger partial charge in [0, 0.05) is 17.7 Å². The molecule has 1 unspecified atom stereocenters. The standard InChI is InChI=1S/C12H18N2O2S.BrH/c1-12(2,3)16-11(15)14-6-4-9-10(5-7-14)17-8-13-9;/h8H,4-7H2,1-3H3;1H. The van der Waals surface area contributed by atoms with Crippen LogP contribution in [-0.2, 0) is 17.6 Å². The van der Waals surface area contributed by atoms with Crippen LogP contribution in [0.25, 0.3) is 0 Å². The lowest BCUT2D eigenvalue weighted by molar-refractivity contribution is -0.823. The molecule has 1 aliphatic heterocycles. The maximum Gasteiger partial charge on any atom is 0.514 e. The Morgan fingerprint density at radius 1 is 1.39 bits per heavy atom. The molecule has 6 heteroatoms. The molecule has 0 fully saturated rings. The van der Waals surface area contributed by atoms with Crippen LogP contribution in [0.3, 0.4) is 0 Å². The number of alkyl carbamates (subject to hydrolysis) is 2. The fourth-order valence-electron chi connectivity index (χ4n) is 1.91. The Kier molecular flexibility index (Phi) is 5.31. The molecule has 2 rings (SSSR count). The van der Waals surface area contributed by atoms with Crippen molar-refractivity contribution in [2.24, 2.45) is 0 Å². The second-order valence-corrected chi connectivity index (χ2v) is 6.27. The number of fused-ring (bicyclic) bond motifs is 1. The molecule has 1 atom stereocenters. The molecule has 18 heavy (non-hydrogen) atoms. The van der Waals surface area contributed by atoms with E-state index in [-0.39, 0.29) is 23.1 Å². The van der Waals surface area contributed by atoms with E-state index in [0.29, 0.717) is 0 Å². The van der Waals surface area contributed by atoms with Gasteiger partial charge < -0.3 is 21.7 Å². The van der Waals surface area contributed by atoms with E-state index in [9.17, 15) is 4.79 Å². The number of ether oxygens (including phenoxy) is 1. The number of quaternary nitrogens is 1. The Hall–Kier alpha value is -0.460. The molecule has 1 aliphatic rings. The second-order valence-electron chi connectivity index (χ2n) is 5.33. The summed E-state index contributed by atoms with van der Waals surface area (Å²) >= 11 is 1.69. The smallest absolute Gasteiger partial charge is 0.514 e. The van der Waals surface area contributed by atoms with Gasteiger partial charge in [0.05, 0.1) is 24.3 Å². The van der Waals surface area contributed by atoms with Gasteiger partial charge in [0.25, 0.3) is 0 Å². The molecule has 2 heterocycles. The summed E-state index contributed by atoms with van der Waals surface area (Å²) in [5, 5.41) is 0.